The van der Waals surface area contributed by atoms with E-state index in [4.69, 9.17) is 47.0 Å². The van der Waals surface area contributed by atoms with Crippen molar-refractivity contribution in [2.45, 2.75) is 21.8 Å². The van der Waals surface area contributed by atoms with E-state index in [1.165, 1.54) is 24.3 Å². The van der Waals surface area contributed by atoms with E-state index in [9.17, 15) is 18.0 Å². The Balaban J connectivity index is 1.69. The average molecular weight is 741 g/mol. The highest BCUT2D eigenvalue weighted by Crippen LogP contribution is 2.29. The molecule has 0 fully saturated rings. The van der Waals surface area contributed by atoms with Gasteiger partial charge in [-0.3, -0.25) is 15.0 Å². The molecule has 0 aliphatic carbocycles. The monoisotopic (exact) mass is 739 g/mol. The fourth-order valence-corrected chi connectivity index (χ4v) is 5.02. The maximum absolute atomic E-state index is 12.8. The first-order chi connectivity index (χ1) is 18.3. The summed E-state index contributed by atoms with van der Waals surface area (Å²) in [4.78, 5) is 27.6. The minimum Gasteiger partial charge on any atom is -0.339 e. The zero-order valence-corrected chi connectivity index (χ0v) is 26.0. The van der Waals surface area contributed by atoms with Crippen molar-refractivity contribution in [2.75, 3.05) is 5.32 Å². The summed E-state index contributed by atoms with van der Waals surface area (Å²) < 4.78 is 23.9. The summed E-state index contributed by atoms with van der Waals surface area (Å²) in [5, 5.41) is 8.01. The smallest absolute Gasteiger partial charge is 0.268 e. The van der Waals surface area contributed by atoms with E-state index in [0.29, 0.717) is 5.56 Å². The van der Waals surface area contributed by atoms with Crippen LogP contribution in [0, 0.1) is 10.5 Å². The first-order valence-electron chi connectivity index (χ1n) is 10.9. The number of rotatable bonds is 8. The second kappa shape index (κ2) is 13.4. The van der Waals surface area contributed by atoms with Crippen LogP contribution in [0.15, 0.2) is 77.7 Å². The molecule has 0 bridgehead atoms. The van der Waals surface area contributed by atoms with E-state index in [1.807, 2.05) is 13.0 Å². The fourth-order valence-electron chi connectivity index (χ4n) is 3.08. The highest BCUT2D eigenvalue weighted by molar-refractivity contribution is 14.1. The number of para-hydroxylation sites is 1. The largest absolute Gasteiger partial charge is 0.339 e. The van der Waals surface area contributed by atoms with Gasteiger partial charge in [-0.05, 0) is 84.2 Å². The minimum absolute atomic E-state index is 0.0183. The van der Waals surface area contributed by atoms with Gasteiger partial charge in [-0.15, -0.1) is 4.83 Å². The zero-order chi connectivity index (χ0) is 28.8. The molecule has 2 amide bonds. The van der Waals surface area contributed by atoms with Crippen LogP contribution >= 0.6 is 69.6 Å². The Morgan fingerprint density at radius 3 is 2.23 bits per heavy atom. The average Bonchev–Trinajstić information content (AvgIpc) is 2.87. The fraction of sp³-hybridized carbons (Fsp3) is 0.125. The van der Waals surface area contributed by atoms with Crippen LogP contribution in [0.4, 0.5) is 5.69 Å². The van der Waals surface area contributed by atoms with Crippen molar-refractivity contribution in [1.29, 1.82) is 0 Å². The third-order valence-corrected chi connectivity index (χ3v) is 7.82. The van der Waals surface area contributed by atoms with Crippen LogP contribution < -0.4 is 26.2 Å². The van der Waals surface area contributed by atoms with Crippen LogP contribution in [-0.4, -0.2) is 35.3 Å². The van der Waals surface area contributed by atoms with E-state index >= 15 is 0 Å². The number of nitrogens with one attached hydrogen (secondary N) is 5. The third kappa shape index (κ3) is 9.17. The van der Waals surface area contributed by atoms with E-state index < -0.39 is 31.8 Å². The number of carbonyl (C=O) groups excluding carboxylic acids is 2. The molecular formula is C24H21Cl3IN5O4S2. The third-order valence-electron chi connectivity index (χ3n) is 5.02. The predicted molar refractivity (Wildman–Crippen MR) is 165 cm³/mol. The number of hydrazine groups is 1. The van der Waals surface area contributed by atoms with Crippen LogP contribution in [0.3, 0.4) is 0 Å². The van der Waals surface area contributed by atoms with Gasteiger partial charge in [-0.25, -0.2) is 8.42 Å². The summed E-state index contributed by atoms with van der Waals surface area (Å²) in [7, 11) is -4.01. The summed E-state index contributed by atoms with van der Waals surface area (Å²) in [6, 6.07) is 19.1. The highest BCUT2D eigenvalue weighted by atomic mass is 127. The Bertz CT molecular complexity index is 1490. The number of anilines is 1. The SMILES string of the molecule is Cc1ccc(S(=O)(=O)NNC(=O)c2ccccc2NC(=S)NC(NC(=O)c2cccc(I)c2)C(Cl)(Cl)Cl)cc1. The summed E-state index contributed by atoms with van der Waals surface area (Å²) >= 11 is 25.6. The molecule has 0 aliphatic rings. The molecule has 1 unspecified atom stereocenters. The van der Waals surface area contributed by atoms with Gasteiger partial charge in [0.15, 0.2) is 5.11 Å². The Kier molecular flexibility index (Phi) is 10.8. The Morgan fingerprint density at radius 1 is 0.923 bits per heavy atom. The summed E-state index contributed by atoms with van der Waals surface area (Å²) in [6.45, 7) is 1.82. The lowest BCUT2D eigenvalue weighted by molar-refractivity contribution is 0.0930. The lowest BCUT2D eigenvalue weighted by Crippen LogP contribution is -2.56. The number of halogens is 4. The molecule has 0 saturated carbocycles. The minimum atomic E-state index is -4.01. The molecule has 1 atom stereocenters. The maximum Gasteiger partial charge on any atom is 0.268 e. The molecule has 5 N–H and O–H groups in total. The van der Waals surface area contributed by atoms with Gasteiger partial charge >= 0.3 is 0 Å². The number of alkyl halides is 3. The van der Waals surface area contributed by atoms with Crippen molar-refractivity contribution in [3.05, 3.63) is 93.1 Å². The molecule has 3 rings (SSSR count). The van der Waals surface area contributed by atoms with E-state index in [1.54, 1.807) is 42.5 Å². The number of hydrogen-bond acceptors (Lipinski definition) is 5. The molecule has 0 spiro atoms. The van der Waals surface area contributed by atoms with Gasteiger partial charge in [0.05, 0.1) is 16.1 Å². The number of hydrogen-bond donors (Lipinski definition) is 5. The highest BCUT2D eigenvalue weighted by Gasteiger charge is 2.35. The molecule has 3 aromatic rings. The van der Waals surface area contributed by atoms with Gasteiger partial charge in [0.1, 0.15) is 6.17 Å². The number of sulfonamides is 1. The van der Waals surface area contributed by atoms with Crippen molar-refractivity contribution in [1.82, 2.24) is 20.9 Å². The molecule has 0 aliphatic heterocycles. The van der Waals surface area contributed by atoms with Gasteiger partial charge < -0.3 is 16.0 Å². The number of carbonyl (C=O) groups is 2. The topological polar surface area (TPSA) is 128 Å². The summed E-state index contributed by atoms with van der Waals surface area (Å²) in [6.07, 6.45) is -1.25. The predicted octanol–water partition coefficient (Wildman–Crippen LogP) is 4.64. The number of aryl methyl sites for hydroxylation is 1. The first-order valence-corrected chi connectivity index (χ1v) is 15.1. The van der Waals surface area contributed by atoms with Gasteiger partial charge in [0.2, 0.25) is 3.79 Å². The van der Waals surface area contributed by atoms with Crippen molar-refractivity contribution in [3.63, 3.8) is 0 Å². The first kappa shape index (κ1) is 31.3. The zero-order valence-electron chi connectivity index (χ0n) is 20.0. The van der Waals surface area contributed by atoms with Gasteiger partial charge in [0, 0.05) is 9.13 Å². The second-order valence-electron chi connectivity index (χ2n) is 7.98. The molecule has 3 aromatic carbocycles. The van der Waals surface area contributed by atoms with Crippen molar-refractivity contribution in [3.8, 4) is 0 Å². The van der Waals surface area contributed by atoms with Crippen LogP contribution in [0.2, 0.25) is 0 Å². The summed E-state index contributed by atoms with van der Waals surface area (Å²) in [5.74, 6) is -1.28. The molecule has 206 valence electrons. The van der Waals surface area contributed by atoms with Crippen molar-refractivity contribution < 1.29 is 18.0 Å². The van der Waals surface area contributed by atoms with E-state index in [-0.39, 0.29) is 21.3 Å². The Morgan fingerprint density at radius 2 is 1.59 bits per heavy atom. The quantitative estimate of drug-likeness (QED) is 0.0750. The lowest BCUT2D eigenvalue weighted by Gasteiger charge is -2.28. The van der Waals surface area contributed by atoms with E-state index in [0.717, 1.165) is 9.13 Å². The standard InChI is InChI=1S/C24H21Cl3IN5O4S2/c1-14-9-11-17(12-10-14)39(36,37)33-32-21(35)18-7-2-3-8-19(18)29-23(38)31-22(24(25,26)27)30-20(34)15-5-4-6-16(28)13-15/h2-13,22,33H,1H3,(H,30,34)(H,32,35)(H2,29,31,38). The maximum atomic E-state index is 12.8. The number of thiocarbonyl (C=S) groups is 1. The second-order valence-corrected chi connectivity index (χ2v) is 13.7. The van der Waals surface area contributed by atoms with Gasteiger partial charge in [-0.2, -0.15) is 0 Å². The molecule has 15 heteroatoms. The molecule has 39 heavy (non-hydrogen) atoms. The van der Waals surface area contributed by atoms with Crippen LogP contribution in [0.1, 0.15) is 26.3 Å². The number of amides is 2. The molecule has 0 heterocycles. The van der Waals surface area contributed by atoms with Crippen LogP contribution in [-0.2, 0) is 10.0 Å². The molecule has 0 aromatic heterocycles. The van der Waals surface area contributed by atoms with Crippen molar-refractivity contribution in [2.24, 2.45) is 0 Å². The Labute approximate surface area is 259 Å². The molecule has 0 saturated heterocycles. The van der Waals surface area contributed by atoms with Gasteiger partial charge in [0.25, 0.3) is 21.8 Å². The van der Waals surface area contributed by atoms with Gasteiger partial charge in [-0.1, -0.05) is 70.7 Å². The molecular weight excluding hydrogens is 720 g/mol. The normalized spacial score (nSPS) is 12.2. The van der Waals surface area contributed by atoms with Crippen molar-refractivity contribution >= 4 is 102 Å². The van der Waals surface area contributed by atoms with Crippen LogP contribution in [0.25, 0.3) is 0 Å². The number of benzene rings is 3. The lowest BCUT2D eigenvalue weighted by atomic mass is 10.1. The van der Waals surface area contributed by atoms with E-state index in [2.05, 4.69) is 48.8 Å². The Hall–Kier alpha value is -2.20. The van der Waals surface area contributed by atoms with Crippen LogP contribution in [0.5, 0.6) is 0 Å². The molecule has 9 nitrogen and oxygen atoms in total. The summed E-state index contributed by atoms with van der Waals surface area (Å²) in [5.41, 5.74) is 3.68. The molecule has 0 radical (unpaired) electrons.